The average molecular weight is 531 g/mol. The van der Waals surface area contributed by atoms with Crippen molar-refractivity contribution in [3.63, 3.8) is 0 Å². The number of benzene rings is 2. The van der Waals surface area contributed by atoms with Crippen LogP contribution in [-0.4, -0.2) is 70.2 Å². The molecule has 10 nitrogen and oxygen atoms in total. The minimum absolute atomic E-state index is 0.0842. The van der Waals surface area contributed by atoms with Gasteiger partial charge in [-0.3, -0.25) is 9.55 Å². The molecule has 0 unspecified atom stereocenters. The number of anilines is 1. The molecule has 2 saturated heterocycles. The highest BCUT2D eigenvalue weighted by atomic mass is 16.6. The van der Waals surface area contributed by atoms with Crippen LogP contribution in [0.1, 0.15) is 33.6 Å². The topological polar surface area (TPSA) is 104 Å². The van der Waals surface area contributed by atoms with Crippen LogP contribution in [0.25, 0.3) is 27.9 Å². The summed E-state index contributed by atoms with van der Waals surface area (Å²) in [6, 6.07) is 12.1. The van der Waals surface area contributed by atoms with Crippen LogP contribution in [0.3, 0.4) is 0 Å². The lowest BCUT2D eigenvalue weighted by Gasteiger charge is -2.34. The summed E-state index contributed by atoms with van der Waals surface area (Å²) in [7, 11) is 0. The molecule has 0 aliphatic carbocycles. The van der Waals surface area contributed by atoms with Gasteiger partial charge in [-0.05, 0) is 57.9 Å². The van der Waals surface area contributed by atoms with Crippen LogP contribution in [-0.2, 0) is 9.47 Å². The lowest BCUT2D eigenvalue weighted by molar-refractivity contribution is -0.0508. The maximum absolute atomic E-state index is 12.2. The molecule has 0 bridgehead atoms. The third-order valence-corrected chi connectivity index (χ3v) is 7.05. The van der Waals surface area contributed by atoms with Gasteiger partial charge in [0.25, 0.3) is 0 Å². The van der Waals surface area contributed by atoms with Crippen molar-refractivity contribution >= 4 is 33.8 Å². The van der Waals surface area contributed by atoms with E-state index in [4.69, 9.17) is 24.2 Å². The SMILES string of the molecule is CC(C)(C)OC(=O)NC1CCN(c2cccc3ncc(-n4cnc5cc(OCC6COC6)ccc54)nc23)CC1. The highest BCUT2D eigenvalue weighted by Crippen LogP contribution is 2.29. The third kappa shape index (κ3) is 5.61. The Balaban J connectivity index is 1.19. The van der Waals surface area contributed by atoms with E-state index in [1.807, 2.05) is 55.7 Å². The highest BCUT2D eigenvalue weighted by Gasteiger charge is 2.25. The van der Waals surface area contributed by atoms with Crippen LogP contribution < -0.4 is 15.0 Å². The van der Waals surface area contributed by atoms with E-state index in [0.29, 0.717) is 18.3 Å². The molecule has 0 atom stereocenters. The monoisotopic (exact) mass is 530 g/mol. The number of nitrogens with zero attached hydrogens (tertiary/aromatic N) is 5. The van der Waals surface area contributed by atoms with Gasteiger partial charge in [-0.2, -0.15) is 0 Å². The maximum atomic E-state index is 12.2. The second-order valence-corrected chi connectivity index (χ2v) is 11.3. The summed E-state index contributed by atoms with van der Waals surface area (Å²) in [6.07, 6.45) is 4.85. The summed E-state index contributed by atoms with van der Waals surface area (Å²) in [4.78, 5) is 28.9. The Morgan fingerprint density at radius 1 is 1.10 bits per heavy atom. The molecule has 39 heavy (non-hydrogen) atoms. The minimum atomic E-state index is -0.508. The number of rotatable bonds is 6. The Kier molecular flexibility index (Phi) is 6.72. The second kappa shape index (κ2) is 10.3. The molecule has 1 N–H and O–H groups in total. The summed E-state index contributed by atoms with van der Waals surface area (Å²) in [5.74, 6) is 1.97. The fourth-order valence-electron chi connectivity index (χ4n) is 4.98. The number of nitrogens with one attached hydrogen (secondary N) is 1. The molecule has 2 aromatic heterocycles. The predicted molar refractivity (Wildman–Crippen MR) is 149 cm³/mol. The van der Waals surface area contributed by atoms with Crippen molar-refractivity contribution < 1.29 is 19.0 Å². The van der Waals surface area contributed by atoms with Gasteiger partial charge in [0.05, 0.1) is 48.3 Å². The number of piperidine rings is 1. The Morgan fingerprint density at radius 2 is 1.92 bits per heavy atom. The first-order valence-corrected chi connectivity index (χ1v) is 13.5. The molecule has 6 rings (SSSR count). The Hall–Kier alpha value is -3.92. The van der Waals surface area contributed by atoms with Gasteiger partial charge in [-0.15, -0.1) is 0 Å². The number of hydrogen-bond donors (Lipinski definition) is 1. The number of hydrogen-bond acceptors (Lipinski definition) is 8. The van der Waals surface area contributed by atoms with Crippen LogP contribution in [0.15, 0.2) is 48.9 Å². The number of alkyl carbamates (subject to hydrolysis) is 1. The molecule has 4 aromatic rings. The van der Waals surface area contributed by atoms with E-state index in [2.05, 4.69) is 21.3 Å². The summed E-state index contributed by atoms with van der Waals surface area (Å²) < 4.78 is 18.5. The van der Waals surface area contributed by atoms with Crippen LogP contribution >= 0.6 is 0 Å². The number of ether oxygens (including phenoxy) is 3. The molecule has 4 heterocycles. The van der Waals surface area contributed by atoms with Crippen molar-refractivity contribution in [3.8, 4) is 11.6 Å². The Labute approximate surface area is 227 Å². The molecule has 2 aromatic carbocycles. The average Bonchev–Trinajstić information content (AvgIpc) is 3.30. The lowest BCUT2D eigenvalue weighted by atomic mass is 10.0. The van der Waals surface area contributed by atoms with Crippen molar-refractivity contribution in [1.29, 1.82) is 0 Å². The number of aromatic nitrogens is 4. The molecular formula is C29H34N6O4. The normalized spacial score (nSPS) is 16.8. The van der Waals surface area contributed by atoms with Crippen molar-refractivity contribution in [2.24, 2.45) is 5.92 Å². The largest absolute Gasteiger partial charge is 0.493 e. The van der Waals surface area contributed by atoms with E-state index in [1.54, 1.807) is 12.5 Å². The quantitative estimate of drug-likeness (QED) is 0.389. The number of imidazole rings is 1. The molecule has 1 amide bonds. The van der Waals surface area contributed by atoms with Crippen molar-refractivity contribution in [2.45, 2.75) is 45.3 Å². The lowest BCUT2D eigenvalue weighted by Crippen LogP contribution is -2.46. The van der Waals surface area contributed by atoms with E-state index in [0.717, 1.165) is 72.6 Å². The van der Waals surface area contributed by atoms with Gasteiger partial charge in [-0.25, -0.2) is 14.8 Å². The molecule has 10 heteroatoms. The summed E-state index contributed by atoms with van der Waals surface area (Å²) >= 11 is 0. The fourth-order valence-corrected chi connectivity index (χ4v) is 4.98. The van der Waals surface area contributed by atoms with Gasteiger partial charge in [-0.1, -0.05) is 6.07 Å². The van der Waals surface area contributed by atoms with Gasteiger partial charge in [0.2, 0.25) is 0 Å². The van der Waals surface area contributed by atoms with E-state index in [-0.39, 0.29) is 12.1 Å². The Bertz CT molecular complexity index is 1480. The number of carbonyl (C=O) groups is 1. The van der Waals surface area contributed by atoms with Gasteiger partial charge in [0.1, 0.15) is 23.2 Å². The van der Waals surface area contributed by atoms with Crippen molar-refractivity contribution in [3.05, 3.63) is 48.9 Å². The van der Waals surface area contributed by atoms with Crippen LogP contribution in [0.4, 0.5) is 10.5 Å². The van der Waals surface area contributed by atoms with Crippen LogP contribution in [0.2, 0.25) is 0 Å². The summed E-state index contributed by atoms with van der Waals surface area (Å²) in [5, 5.41) is 3.01. The zero-order valence-corrected chi connectivity index (χ0v) is 22.6. The van der Waals surface area contributed by atoms with E-state index in [1.165, 1.54) is 0 Å². The van der Waals surface area contributed by atoms with E-state index in [9.17, 15) is 4.79 Å². The zero-order chi connectivity index (χ0) is 27.0. The molecule has 2 fully saturated rings. The van der Waals surface area contributed by atoms with Crippen LogP contribution in [0, 0.1) is 5.92 Å². The molecule has 0 radical (unpaired) electrons. The van der Waals surface area contributed by atoms with Crippen molar-refractivity contribution in [2.75, 3.05) is 37.8 Å². The third-order valence-electron chi connectivity index (χ3n) is 7.05. The minimum Gasteiger partial charge on any atom is -0.493 e. The maximum Gasteiger partial charge on any atom is 0.407 e. The molecule has 0 saturated carbocycles. The highest BCUT2D eigenvalue weighted by molar-refractivity contribution is 5.89. The second-order valence-electron chi connectivity index (χ2n) is 11.3. The number of carbonyl (C=O) groups excluding carboxylic acids is 1. The molecule has 2 aliphatic rings. The number of amides is 1. The Morgan fingerprint density at radius 3 is 2.67 bits per heavy atom. The number of fused-ring (bicyclic) bond motifs is 2. The molecule has 0 spiro atoms. The first-order chi connectivity index (χ1) is 18.8. The van der Waals surface area contributed by atoms with Gasteiger partial charge < -0.3 is 24.4 Å². The van der Waals surface area contributed by atoms with Gasteiger partial charge in [0.15, 0.2) is 5.82 Å². The van der Waals surface area contributed by atoms with E-state index >= 15 is 0 Å². The fraction of sp³-hybridized carbons (Fsp3) is 0.448. The number of para-hydroxylation sites is 1. The smallest absolute Gasteiger partial charge is 0.407 e. The zero-order valence-electron chi connectivity index (χ0n) is 22.6. The summed E-state index contributed by atoms with van der Waals surface area (Å²) in [6.45, 7) is 9.40. The van der Waals surface area contributed by atoms with E-state index < -0.39 is 5.60 Å². The van der Waals surface area contributed by atoms with Crippen molar-refractivity contribution in [1.82, 2.24) is 24.8 Å². The van der Waals surface area contributed by atoms with Gasteiger partial charge >= 0.3 is 6.09 Å². The first kappa shape index (κ1) is 25.4. The standard InChI is InChI=1S/C29H34N6O4/c1-29(2,3)39-28(36)32-20-9-11-34(12-10-20)25-6-4-5-22-27(25)33-26(14-30-22)35-18-31-23-13-21(7-8-24(23)35)38-17-19-15-37-16-19/h4-8,13-14,18-20H,9-12,15-17H2,1-3H3,(H,32,36). The van der Waals surface area contributed by atoms with Gasteiger partial charge in [0, 0.05) is 31.1 Å². The summed E-state index contributed by atoms with van der Waals surface area (Å²) in [5.41, 5.74) is 3.99. The molecule has 2 aliphatic heterocycles. The molecule has 204 valence electrons. The van der Waals surface area contributed by atoms with Crippen LogP contribution in [0.5, 0.6) is 5.75 Å². The predicted octanol–water partition coefficient (Wildman–Crippen LogP) is 4.49. The molecular weight excluding hydrogens is 496 g/mol. The first-order valence-electron chi connectivity index (χ1n) is 13.5.